The molecule has 23 heavy (non-hydrogen) atoms. The lowest BCUT2D eigenvalue weighted by atomic mass is 9.96. The molecule has 0 spiro atoms. The summed E-state index contributed by atoms with van der Waals surface area (Å²) in [5, 5.41) is 12.3. The number of hydrogen-bond donors (Lipinski definition) is 2. The van der Waals surface area contributed by atoms with Crippen molar-refractivity contribution in [3.63, 3.8) is 0 Å². The quantitative estimate of drug-likeness (QED) is 0.900. The van der Waals surface area contributed by atoms with E-state index >= 15 is 0 Å². The molecule has 1 aliphatic rings. The number of amides is 1. The van der Waals surface area contributed by atoms with Crippen LogP contribution in [0.2, 0.25) is 0 Å². The van der Waals surface area contributed by atoms with Gasteiger partial charge in [0.1, 0.15) is 0 Å². The summed E-state index contributed by atoms with van der Waals surface area (Å²) in [4.78, 5) is 16.5. The van der Waals surface area contributed by atoms with Gasteiger partial charge in [-0.1, -0.05) is 20.8 Å². The molecule has 1 unspecified atom stereocenters. The highest BCUT2D eigenvalue weighted by molar-refractivity contribution is 5.81. The summed E-state index contributed by atoms with van der Waals surface area (Å²) < 4.78 is 1.92. The predicted molar refractivity (Wildman–Crippen MR) is 90.2 cm³/mol. The van der Waals surface area contributed by atoms with Crippen LogP contribution < -0.4 is 10.6 Å². The summed E-state index contributed by atoms with van der Waals surface area (Å²) in [5.41, 5.74) is 1.66. The van der Waals surface area contributed by atoms with Crippen molar-refractivity contribution in [2.45, 2.75) is 39.7 Å². The standard InChI is InChI=1S/C17H25N5O/c1-17(2,3)16(23)20-9-10-22-15-13(5-4-7-19-15)14(21-22)12-6-8-18-11-12/h4-5,7,12,18H,6,8-11H2,1-3H3,(H,20,23). The Hall–Kier alpha value is -1.95. The lowest BCUT2D eigenvalue weighted by Crippen LogP contribution is -2.36. The van der Waals surface area contributed by atoms with E-state index < -0.39 is 0 Å². The minimum Gasteiger partial charge on any atom is -0.354 e. The number of pyridine rings is 1. The monoisotopic (exact) mass is 315 g/mol. The van der Waals surface area contributed by atoms with E-state index in [0.29, 0.717) is 19.0 Å². The van der Waals surface area contributed by atoms with Crippen molar-refractivity contribution in [3.05, 3.63) is 24.0 Å². The van der Waals surface area contributed by atoms with Crippen molar-refractivity contribution in [2.24, 2.45) is 5.41 Å². The van der Waals surface area contributed by atoms with Gasteiger partial charge in [0, 0.05) is 36.0 Å². The first-order valence-corrected chi connectivity index (χ1v) is 8.27. The molecule has 1 aliphatic heterocycles. The molecule has 1 atom stereocenters. The third kappa shape index (κ3) is 3.37. The molecule has 1 saturated heterocycles. The van der Waals surface area contributed by atoms with Crippen molar-refractivity contribution in [2.75, 3.05) is 19.6 Å². The molecule has 3 heterocycles. The van der Waals surface area contributed by atoms with Crippen LogP contribution in [0.3, 0.4) is 0 Å². The van der Waals surface area contributed by atoms with Crippen LogP contribution in [-0.2, 0) is 11.3 Å². The Morgan fingerprint density at radius 3 is 3.00 bits per heavy atom. The Labute approximate surface area is 136 Å². The van der Waals surface area contributed by atoms with Gasteiger partial charge in [0.2, 0.25) is 5.91 Å². The number of carbonyl (C=O) groups excluding carboxylic acids is 1. The second-order valence-corrected chi connectivity index (χ2v) is 7.18. The summed E-state index contributed by atoms with van der Waals surface area (Å²) >= 11 is 0. The van der Waals surface area contributed by atoms with Crippen LogP contribution >= 0.6 is 0 Å². The smallest absolute Gasteiger partial charge is 0.225 e. The van der Waals surface area contributed by atoms with Crippen LogP contribution in [0.1, 0.15) is 38.8 Å². The summed E-state index contributed by atoms with van der Waals surface area (Å²) in [6.07, 6.45) is 2.91. The maximum atomic E-state index is 12.0. The lowest BCUT2D eigenvalue weighted by Gasteiger charge is -2.17. The van der Waals surface area contributed by atoms with Crippen molar-refractivity contribution in [1.29, 1.82) is 0 Å². The number of fused-ring (bicyclic) bond motifs is 1. The third-order valence-corrected chi connectivity index (χ3v) is 4.27. The summed E-state index contributed by atoms with van der Waals surface area (Å²) in [6, 6.07) is 4.05. The minimum absolute atomic E-state index is 0.0575. The summed E-state index contributed by atoms with van der Waals surface area (Å²) in [6.45, 7) is 8.96. The van der Waals surface area contributed by atoms with Crippen molar-refractivity contribution >= 4 is 16.9 Å². The fourth-order valence-electron chi connectivity index (χ4n) is 2.92. The topological polar surface area (TPSA) is 71.8 Å². The molecule has 1 fully saturated rings. The zero-order valence-electron chi connectivity index (χ0n) is 14.1. The highest BCUT2D eigenvalue weighted by Gasteiger charge is 2.24. The Kier molecular flexibility index (Phi) is 4.35. The van der Waals surface area contributed by atoms with E-state index in [4.69, 9.17) is 5.10 Å². The Balaban J connectivity index is 1.77. The Morgan fingerprint density at radius 2 is 2.30 bits per heavy atom. The second-order valence-electron chi connectivity index (χ2n) is 7.18. The van der Waals surface area contributed by atoms with Gasteiger partial charge in [0.25, 0.3) is 0 Å². The molecule has 6 heteroatoms. The molecule has 6 nitrogen and oxygen atoms in total. The highest BCUT2D eigenvalue weighted by Crippen LogP contribution is 2.27. The van der Waals surface area contributed by atoms with Gasteiger partial charge >= 0.3 is 0 Å². The normalized spacial score (nSPS) is 18.5. The number of hydrogen-bond acceptors (Lipinski definition) is 4. The molecule has 1 amide bonds. The maximum Gasteiger partial charge on any atom is 0.225 e. The average Bonchev–Trinajstić information content (AvgIpc) is 3.14. The minimum atomic E-state index is -0.370. The van der Waals surface area contributed by atoms with Gasteiger partial charge in [-0.25, -0.2) is 9.67 Å². The molecule has 0 aliphatic carbocycles. The SMILES string of the molecule is CC(C)(C)C(=O)NCCn1nc(C2CCNC2)c2cccnc21. The molecule has 0 aromatic carbocycles. The van der Waals surface area contributed by atoms with Crippen LogP contribution in [0.25, 0.3) is 11.0 Å². The van der Waals surface area contributed by atoms with E-state index in [9.17, 15) is 4.79 Å². The van der Waals surface area contributed by atoms with Crippen molar-refractivity contribution < 1.29 is 4.79 Å². The number of nitrogens with zero attached hydrogens (tertiary/aromatic N) is 3. The molecule has 0 saturated carbocycles. The van der Waals surface area contributed by atoms with Gasteiger partial charge < -0.3 is 10.6 Å². The third-order valence-electron chi connectivity index (χ3n) is 4.27. The van der Waals surface area contributed by atoms with Crippen molar-refractivity contribution in [1.82, 2.24) is 25.4 Å². The van der Waals surface area contributed by atoms with E-state index in [0.717, 1.165) is 36.2 Å². The first kappa shape index (κ1) is 15.9. The van der Waals surface area contributed by atoms with Crippen molar-refractivity contribution in [3.8, 4) is 0 Å². The maximum absolute atomic E-state index is 12.0. The number of nitrogens with one attached hydrogen (secondary N) is 2. The number of rotatable bonds is 4. The van der Waals surface area contributed by atoms with Gasteiger partial charge in [-0.3, -0.25) is 4.79 Å². The van der Waals surface area contributed by atoms with E-state index in [2.05, 4.69) is 21.7 Å². The molecular weight excluding hydrogens is 290 g/mol. The van der Waals surface area contributed by atoms with E-state index in [-0.39, 0.29) is 11.3 Å². The molecule has 2 N–H and O–H groups in total. The second kappa shape index (κ2) is 6.28. The van der Waals surface area contributed by atoms with Gasteiger partial charge in [-0.05, 0) is 25.1 Å². The molecule has 0 radical (unpaired) electrons. The molecule has 2 aromatic rings. The molecular formula is C17H25N5O. The van der Waals surface area contributed by atoms with Gasteiger partial charge in [0.15, 0.2) is 5.65 Å². The fraction of sp³-hybridized carbons (Fsp3) is 0.588. The number of aromatic nitrogens is 3. The van der Waals surface area contributed by atoms with Gasteiger partial charge in [0.05, 0.1) is 12.2 Å². The summed E-state index contributed by atoms with van der Waals surface area (Å²) in [7, 11) is 0. The Bertz CT molecular complexity index is 695. The summed E-state index contributed by atoms with van der Waals surface area (Å²) in [5.74, 6) is 0.509. The largest absolute Gasteiger partial charge is 0.354 e. The average molecular weight is 315 g/mol. The lowest BCUT2D eigenvalue weighted by molar-refractivity contribution is -0.128. The molecule has 2 aromatic heterocycles. The predicted octanol–water partition coefficient (Wildman–Crippen LogP) is 1.67. The molecule has 0 bridgehead atoms. The van der Waals surface area contributed by atoms with Crippen LogP contribution in [0.15, 0.2) is 18.3 Å². The van der Waals surface area contributed by atoms with Crippen LogP contribution in [0, 0.1) is 5.41 Å². The van der Waals surface area contributed by atoms with Crippen LogP contribution in [0.4, 0.5) is 0 Å². The van der Waals surface area contributed by atoms with Crippen LogP contribution in [0.5, 0.6) is 0 Å². The van der Waals surface area contributed by atoms with E-state index in [1.165, 1.54) is 0 Å². The van der Waals surface area contributed by atoms with E-state index in [1.54, 1.807) is 6.20 Å². The van der Waals surface area contributed by atoms with Gasteiger partial charge in [-0.2, -0.15) is 5.10 Å². The zero-order chi connectivity index (χ0) is 16.4. The van der Waals surface area contributed by atoms with E-state index in [1.807, 2.05) is 31.5 Å². The fourth-order valence-corrected chi connectivity index (χ4v) is 2.92. The first-order chi connectivity index (χ1) is 11.0. The van der Waals surface area contributed by atoms with Crippen LogP contribution in [-0.4, -0.2) is 40.3 Å². The zero-order valence-corrected chi connectivity index (χ0v) is 14.1. The Morgan fingerprint density at radius 1 is 1.48 bits per heavy atom. The highest BCUT2D eigenvalue weighted by atomic mass is 16.2. The first-order valence-electron chi connectivity index (χ1n) is 8.27. The molecule has 124 valence electrons. The van der Waals surface area contributed by atoms with Gasteiger partial charge in [-0.15, -0.1) is 0 Å². The molecule has 3 rings (SSSR count). The number of carbonyl (C=O) groups is 1.